The van der Waals surface area contributed by atoms with E-state index in [1.165, 1.54) is 5.56 Å². The lowest BCUT2D eigenvalue weighted by molar-refractivity contribution is 0.219. The number of hydrogen-bond donors (Lipinski definition) is 1. The largest absolute Gasteiger partial charge is 0.384 e. The lowest BCUT2D eigenvalue weighted by atomic mass is 9.96. The summed E-state index contributed by atoms with van der Waals surface area (Å²) >= 11 is 0. The standard InChI is InChI=1S/C17H21NO/c1-12-5-10-16(13(2)11-12)17(19)14-6-8-15(9-7-14)18(3)4/h5-11,17,19H,1-4H3. The van der Waals surface area contributed by atoms with Crippen LogP contribution in [0.25, 0.3) is 0 Å². The summed E-state index contributed by atoms with van der Waals surface area (Å²) in [7, 11) is 4.02. The quantitative estimate of drug-likeness (QED) is 0.908. The van der Waals surface area contributed by atoms with Gasteiger partial charge in [0.2, 0.25) is 0 Å². The molecule has 0 aromatic heterocycles. The van der Waals surface area contributed by atoms with E-state index < -0.39 is 6.10 Å². The van der Waals surface area contributed by atoms with Crippen molar-refractivity contribution in [1.82, 2.24) is 0 Å². The van der Waals surface area contributed by atoms with E-state index in [2.05, 4.69) is 13.0 Å². The molecule has 0 radical (unpaired) electrons. The van der Waals surface area contributed by atoms with Crippen LogP contribution < -0.4 is 4.90 Å². The number of rotatable bonds is 3. The molecule has 0 heterocycles. The summed E-state index contributed by atoms with van der Waals surface area (Å²) in [6, 6.07) is 14.2. The molecule has 100 valence electrons. The van der Waals surface area contributed by atoms with Crippen molar-refractivity contribution in [3.05, 3.63) is 64.7 Å². The van der Waals surface area contributed by atoms with Gasteiger partial charge in [0.1, 0.15) is 6.10 Å². The minimum absolute atomic E-state index is 0.559. The fourth-order valence-electron chi connectivity index (χ4n) is 2.27. The average Bonchev–Trinajstić information content (AvgIpc) is 2.38. The van der Waals surface area contributed by atoms with Crippen LogP contribution in [0, 0.1) is 13.8 Å². The Morgan fingerprint density at radius 1 is 0.947 bits per heavy atom. The maximum atomic E-state index is 10.5. The molecule has 2 rings (SSSR count). The van der Waals surface area contributed by atoms with Gasteiger partial charge in [0.15, 0.2) is 0 Å². The van der Waals surface area contributed by atoms with Gasteiger partial charge in [-0.2, -0.15) is 0 Å². The third-order valence-electron chi connectivity index (χ3n) is 3.45. The zero-order chi connectivity index (χ0) is 14.0. The molecule has 0 saturated carbocycles. The minimum Gasteiger partial charge on any atom is -0.384 e. The fraction of sp³-hybridized carbons (Fsp3) is 0.294. The van der Waals surface area contributed by atoms with Crippen LogP contribution in [0.2, 0.25) is 0 Å². The second kappa shape index (κ2) is 5.45. The lowest BCUT2D eigenvalue weighted by Gasteiger charge is -2.17. The Kier molecular flexibility index (Phi) is 3.91. The highest BCUT2D eigenvalue weighted by Gasteiger charge is 2.12. The van der Waals surface area contributed by atoms with Gasteiger partial charge in [-0.05, 0) is 42.7 Å². The van der Waals surface area contributed by atoms with Crippen molar-refractivity contribution in [3.63, 3.8) is 0 Å². The SMILES string of the molecule is Cc1ccc(C(O)c2ccc(N(C)C)cc2)c(C)c1. The van der Waals surface area contributed by atoms with Crippen molar-refractivity contribution < 1.29 is 5.11 Å². The van der Waals surface area contributed by atoms with Gasteiger partial charge < -0.3 is 10.0 Å². The van der Waals surface area contributed by atoms with Gasteiger partial charge >= 0.3 is 0 Å². The molecule has 0 aliphatic rings. The van der Waals surface area contributed by atoms with Crippen LogP contribution >= 0.6 is 0 Å². The van der Waals surface area contributed by atoms with E-state index in [0.717, 1.165) is 22.4 Å². The van der Waals surface area contributed by atoms with Gasteiger partial charge in [0, 0.05) is 19.8 Å². The van der Waals surface area contributed by atoms with E-state index in [9.17, 15) is 5.11 Å². The normalized spacial score (nSPS) is 12.3. The predicted molar refractivity (Wildman–Crippen MR) is 80.7 cm³/mol. The maximum absolute atomic E-state index is 10.5. The first-order valence-electron chi connectivity index (χ1n) is 6.51. The summed E-state index contributed by atoms with van der Waals surface area (Å²) in [5, 5.41) is 10.5. The van der Waals surface area contributed by atoms with Gasteiger partial charge in [-0.15, -0.1) is 0 Å². The van der Waals surface area contributed by atoms with Crippen LogP contribution in [0.3, 0.4) is 0 Å². The van der Waals surface area contributed by atoms with Gasteiger partial charge in [-0.3, -0.25) is 0 Å². The van der Waals surface area contributed by atoms with Crippen LogP contribution in [0.5, 0.6) is 0 Å². The summed E-state index contributed by atoms with van der Waals surface area (Å²) in [6.45, 7) is 4.11. The summed E-state index contributed by atoms with van der Waals surface area (Å²) in [4.78, 5) is 2.05. The van der Waals surface area contributed by atoms with Crippen LogP contribution in [0.15, 0.2) is 42.5 Å². The molecule has 0 saturated heterocycles. The molecule has 1 atom stereocenters. The number of benzene rings is 2. The Morgan fingerprint density at radius 3 is 2.11 bits per heavy atom. The zero-order valence-corrected chi connectivity index (χ0v) is 12.0. The highest BCUT2D eigenvalue weighted by atomic mass is 16.3. The highest BCUT2D eigenvalue weighted by molar-refractivity contribution is 5.48. The smallest absolute Gasteiger partial charge is 0.104 e. The van der Waals surface area contributed by atoms with Crippen molar-refractivity contribution >= 4 is 5.69 Å². The number of anilines is 1. The zero-order valence-electron chi connectivity index (χ0n) is 12.0. The maximum Gasteiger partial charge on any atom is 0.104 e. The molecule has 2 aromatic rings. The molecule has 0 bridgehead atoms. The molecule has 1 N–H and O–H groups in total. The number of aliphatic hydroxyl groups is 1. The number of aliphatic hydroxyl groups excluding tert-OH is 1. The van der Waals surface area contributed by atoms with E-state index in [0.29, 0.717) is 0 Å². The van der Waals surface area contributed by atoms with Gasteiger partial charge in [0.05, 0.1) is 0 Å². The van der Waals surface area contributed by atoms with E-state index in [4.69, 9.17) is 0 Å². The van der Waals surface area contributed by atoms with Crippen molar-refractivity contribution in [3.8, 4) is 0 Å². The molecule has 2 nitrogen and oxygen atoms in total. The molecular weight excluding hydrogens is 234 g/mol. The first-order chi connectivity index (χ1) is 8.99. The van der Waals surface area contributed by atoms with Gasteiger partial charge in [-0.25, -0.2) is 0 Å². The third kappa shape index (κ3) is 2.96. The summed E-state index contributed by atoms with van der Waals surface area (Å²) in [5.41, 5.74) is 5.39. The fourth-order valence-corrected chi connectivity index (χ4v) is 2.27. The van der Waals surface area contributed by atoms with E-state index >= 15 is 0 Å². The third-order valence-corrected chi connectivity index (χ3v) is 3.45. The second-order valence-corrected chi connectivity index (χ2v) is 5.25. The summed E-state index contributed by atoms with van der Waals surface area (Å²) < 4.78 is 0. The van der Waals surface area contributed by atoms with Crippen molar-refractivity contribution in [2.24, 2.45) is 0 Å². The molecule has 2 aromatic carbocycles. The van der Waals surface area contributed by atoms with Crippen LogP contribution in [-0.2, 0) is 0 Å². The second-order valence-electron chi connectivity index (χ2n) is 5.25. The van der Waals surface area contributed by atoms with Crippen LogP contribution in [0.4, 0.5) is 5.69 Å². The van der Waals surface area contributed by atoms with E-state index in [1.54, 1.807) is 0 Å². The van der Waals surface area contributed by atoms with Crippen molar-refractivity contribution in [1.29, 1.82) is 0 Å². The van der Waals surface area contributed by atoms with Crippen molar-refractivity contribution in [2.75, 3.05) is 19.0 Å². The predicted octanol–water partition coefficient (Wildman–Crippen LogP) is 3.45. The van der Waals surface area contributed by atoms with Gasteiger partial charge in [-0.1, -0.05) is 35.9 Å². The minimum atomic E-state index is -0.559. The van der Waals surface area contributed by atoms with Crippen LogP contribution in [0.1, 0.15) is 28.4 Å². The molecule has 1 unspecified atom stereocenters. The Bertz CT molecular complexity index is 558. The molecule has 0 fully saturated rings. The topological polar surface area (TPSA) is 23.5 Å². The first-order valence-corrected chi connectivity index (χ1v) is 6.51. The number of hydrogen-bond acceptors (Lipinski definition) is 2. The Hall–Kier alpha value is -1.80. The Balaban J connectivity index is 2.30. The van der Waals surface area contributed by atoms with Gasteiger partial charge in [0.25, 0.3) is 0 Å². The molecule has 0 aliphatic carbocycles. The monoisotopic (exact) mass is 255 g/mol. The molecule has 19 heavy (non-hydrogen) atoms. The number of aryl methyl sites for hydroxylation is 2. The molecule has 2 heteroatoms. The Morgan fingerprint density at radius 2 is 1.58 bits per heavy atom. The lowest BCUT2D eigenvalue weighted by Crippen LogP contribution is -2.09. The number of nitrogens with zero attached hydrogens (tertiary/aromatic N) is 1. The molecule has 0 amide bonds. The summed E-state index contributed by atoms with van der Waals surface area (Å²) in [6.07, 6.45) is -0.559. The van der Waals surface area contributed by atoms with E-state index in [-0.39, 0.29) is 0 Å². The van der Waals surface area contributed by atoms with Crippen molar-refractivity contribution in [2.45, 2.75) is 20.0 Å². The van der Waals surface area contributed by atoms with Crippen LogP contribution in [-0.4, -0.2) is 19.2 Å². The Labute approximate surface area is 115 Å². The average molecular weight is 255 g/mol. The molecule has 0 aliphatic heterocycles. The molecule has 0 spiro atoms. The van der Waals surface area contributed by atoms with E-state index in [1.807, 2.05) is 62.3 Å². The molecular formula is C17H21NO. The first kappa shape index (κ1) is 13.6. The highest BCUT2D eigenvalue weighted by Crippen LogP contribution is 2.26. The summed E-state index contributed by atoms with van der Waals surface area (Å²) in [5.74, 6) is 0.